The highest BCUT2D eigenvalue weighted by atomic mass is 35.5. The molecule has 0 bridgehead atoms. The summed E-state index contributed by atoms with van der Waals surface area (Å²) >= 11 is 0. The van der Waals surface area contributed by atoms with Crippen molar-refractivity contribution in [2.24, 2.45) is 5.73 Å². The molecule has 1 aliphatic rings. The summed E-state index contributed by atoms with van der Waals surface area (Å²) in [6.45, 7) is 2.61. The maximum atomic E-state index is 13.0. The third-order valence-corrected chi connectivity index (χ3v) is 5.53. The lowest BCUT2D eigenvalue weighted by atomic mass is 10.1. The number of halogens is 2. The van der Waals surface area contributed by atoms with E-state index in [9.17, 15) is 9.18 Å². The van der Waals surface area contributed by atoms with Crippen LogP contribution in [-0.4, -0.2) is 56.2 Å². The van der Waals surface area contributed by atoms with Crippen LogP contribution in [-0.2, 0) is 4.79 Å². The first-order chi connectivity index (χ1) is 16.0. The number of nitriles is 1. The van der Waals surface area contributed by atoms with Crippen LogP contribution in [0.15, 0.2) is 48.5 Å². The smallest absolute Gasteiger partial charge is 0.244 e. The summed E-state index contributed by atoms with van der Waals surface area (Å²) in [5, 5.41) is 12.0. The first-order valence-electron chi connectivity index (χ1n) is 10.9. The number of carbonyl (C=O) groups excluding carboxylic acids is 1. The Labute approximate surface area is 205 Å². The van der Waals surface area contributed by atoms with Gasteiger partial charge in [-0.05, 0) is 61.4 Å². The Morgan fingerprint density at radius 1 is 1.29 bits per heavy atom. The average Bonchev–Trinajstić information content (AvgIpc) is 2.84. The van der Waals surface area contributed by atoms with Crippen molar-refractivity contribution in [1.82, 2.24) is 10.2 Å². The minimum absolute atomic E-state index is 0. The van der Waals surface area contributed by atoms with Crippen LogP contribution in [0.25, 0.3) is 6.08 Å². The van der Waals surface area contributed by atoms with Crippen molar-refractivity contribution in [3.8, 4) is 17.6 Å². The summed E-state index contributed by atoms with van der Waals surface area (Å²) < 4.78 is 24.3. The third-order valence-electron chi connectivity index (χ3n) is 5.53. The molecular weight excluding hydrogens is 459 g/mol. The number of hydrogen-bond donors (Lipinski definition) is 2. The molecule has 0 aliphatic carbocycles. The second kappa shape index (κ2) is 13.6. The molecule has 1 saturated heterocycles. The number of piperidine rings is 1. The van der Waals surface area contributed by atoms with Crippen LogP contribution in [0.2, 0.25) is 0 Å². The summed E-state index contributed by atoms with van der Waals surface area (Å²) in [5.74, 6) is 0.714. The Morgan fingerprint density at radius 2 is 2.00 bits per heavy atom. The summed E-state index contributed by atoms with van der Waals surface area (Å²) in [4.78, 5) is 14.7. The Kier molecular flexibility index (Phi) is 10.8. The molecule has 3 N–H and O–H groups in total. The van der Waals surface area contributed by atoms with E-state index in [0.717, 1.165) is 25.9 Å². The third kappa shape index (κ3) is 8.03. The second-order valence-electron chi connectivity index (χ2n) is 7.91. The number of hydrogen-bond acceptors (Lipinski definition) is 6. The van der Waals surface area contributed by atoms with Crippen LogP contribution >= 0.6 is 12.4 Å². The lowest BCUT2D eigenvalue weighted by molar-refractivity contribution is -0.117. The number of benzene rings is 2. The summed E-state index contributed by atoms with van der Waals surface area (Å²) in [6, 6.07) is 13.0. The summed E-state index contributed by atoms with van der Waals surface area (Å²) in [7, 11) is 1.54. The molecule has 1 amide bonds. The fourth-order valence-corrected chi connectivity index (χ4v) is 3.75. The maximum absolute atomic E-state index is 13.0. The van der Waals surface area contributed by atoms with Crippen molar-refractivity contribution in [2.75, 3.05) is 33.3 Å². The van der Waals surface area contributed by atoms with Crippen molar-refractivity contribution in [1.29, 1.82) is 5.26 Å². The molecule has 2 aromatic carbocycles. The standard InChI is InChI=1S/C25H29FN4O3.ClH/c1-32-24-8-2-18(15-27)14-19(24)3-9-25(31)29-21(16-28)17-30-12-10-23(11-13-30)33-22-6-4-20(26)5-7-22;/h2-9,14,21,23H,10-13,16-17,28H2,1H3,(H,29,31);1H/b9-3+;/t21-;/m1./s1. The van der Waals surface area contributed by atoms with E-state index < -0.39 is 0 Å². The quantitative estimate of drug-likeness (QED) is 0.526. The molecule has 182 valence electrons. The fraction of sp³-hybridized carbons (Fsp3) is 0.360. The Hall–Kier alpha value is -3.12. The van der Waals surface area contributed by atoms with Gasteiger partial charge in [0.05, 0.1) is 24.8 Å². The van der Waals surface area contributed by atoms with Crippen molar-refractivity contribution >= 4 is 24.4 Å². The highest BCUT2D eigenvalue weighted by Crippen LogP contribution is 2.21. The van der Waals surface area contributed by atoms with E-state index in [1.54, 1.807) is 36.4 Å². The molecule has 1 heterocycles. The minimum Gasteiger partial charge on any atom is -0.496 e. The van der Waals surface area contributed by atoms with E-state index in [-0.39, 0.29) is 36.3 Å². The largest absolute Gasteiger partial charge is 0.496 e. The summed E-state index contributed by atoms with van der Waals surface area (Å²) in [6.07, 6.45) is 4.82. The van der Waals surface area contributed by atoms with Gasteiger partial charge in [0, 0.05) is 37.8 Å². The van der Waals surface area contributed by atoms with Crippen LogP contribution in [0.1, 0.15) is 24.0 Å². The van der Waals surface area contributed by atoms with Gasteiger partial charge in [0.2, 0.25) is 5.91 Å². The molecule has 1 fully saturated rings. The number of likely N-dealkylation sites (tertiary alicyclic amines) is 1. The van der Waals surface area contributed by atoms with E-state index in [1.165, 1.54) is 25.3 Å². The predicted molar refractivity (Wildman–Crippen MR) is 131 cm³/mol. The number of nitrogens with two attached hydrogens (primary N) is 1. The molecule has 34 heavy (non-hydrogen) atoms. The number of methoxy groups -OCH3 is 1. The van der Waals surface area contributed by atoms with Crippen molar-refractivity contribution in [3.05, 3.63) is 65.5 Å². The minimum atomic E-state index is -0.281. The first kappa shape index (κ1) is 27.1. The topological polar surface area (TPSA) is 101 Å². The molecule has 7 nitrogen and oxygen atoms in total. The zero-order valence-electron chi connectivity index (χ0n) is 19.1. The van der Waals surface area contributed by atoms with Gasteiger partial charge in [-0.3, -0.25) is 4.79 Å². The number of nitrogens with zero attached hydrogens (tertiary/aromatic N) is 2. The van der Waals surface area contributed by atoms with E-state index >= 15 is 0 Å². The molecular formula is C25H30ClFN4O3. The first-order valence-corrected chi connectivity index (χ1v) is 10.9. The molecule has 9 heteroatoms. The van der Waals surface area contributed by atoms with E-state index in [2.05, 4.69) is 16.3 Å². The monoisotopic (exact) mass is 488 g/mol. The number of carbonyl (C=O) groups is 1. The van der Waals surface area contributed by atoms with Gasteiger partial charge in [-0.1, -0.05) is 0 Å². The van der Waals surface area contributed by atoms with Gasteiger partial charge in [-0.25, -0.2) is 4.39 Å². The molecule has 1 aliphatic heterocycles. The van der Waals surface area contributed by atoms with Crippen LogP contribution in [0, 0.1) is 17.1 Å². The lowest BCUT2D eigenvalue weighted by Gasteiger charge is -2.34. The fourth-order valence-electron chi connectivity index (χ4n) is 3.75. The van der Waals surface area contributed by atoms with Crippen molar-refractivity contribution in [2.45, 2.75) is 25.0 Å². The van der Waals surface area contributed by atoms with Crippen LogP contribution in [0.5, 0.6) is 11.5 Å². The molecule has 3 rings (SSSR count). The van der Waals surface area contributed by atoms with Crippen LogP contribution in [0.4, 0.5) is 4.39 Å². The number of amides is 1. The van der Waals surface area contributed by atoms with E-state index in [1.807, 2.05) is 0 Å². The Morgan fingerprint density at radius 3 is 2.62 bits per heavy atom. The second-order valence-corrected chi connectivity index (χ2v) is 7.91. The molecule has 0 aromatic heterocycles. The molecule has 0 spiro atoms. The van der Waals surface area contributed by atoms with Gasteiger partial charge in [0.25, 0.3) is 0 Å². The van der Waals surface area contributed by atoms with E-state index in [0.29, 0.717) is 35.7 Å². The molecule has 0 radical (unpaired) electrons. The zero-order chi connectivity index (χ0) is 23.6. The van der Waals surface area contributed by atoms with Crippen LogP contribution < -0.4 is 20.5 Å². The van der Waals surface area contributed by atoms with Crippen molar-refractivity contribution in [3.63, 3.8) is 0 Å². The summed E-state index contributed by atoms with van der Waals surface area (Å²) in [5.41, 5.74) is 7.03. The van der Waals surface area contributed by atoms with Gasteiger partial charge < -0.3 is 25.4 Å². The Bertz CT molecular complexity index is 1000. The van der Waals surface area contributed by atoms with Gasteiger partial charge in [-0.2, -0.15) is 5.26 Å². The zero-order valence-corrected chi connectivity index (χ0v) is 19.9. The number of rotatable bonds is 9. The highest BCUT2D eigenvalue weighted by molar-refractivity contribution is 5.92. The maximum Gasteiger partial charge on any atom is 0.244 e. The van der Waals surface area contributed by atoms with Gasteiger partial charge in [0.15, 0.2) is 0 Å². The molecule has 0 unspecified atom stereocenters. The molecule has 2 aromatic rings. The SMILES string of the molecule is COc1ccc(C#N)cc1/C=C/C(=O)N[C@H](CN)CN1CCC(Oc2ccc(F)cc2)CC1.Cl. The number of nitrogens with one attached hydrogen (secondary N) is 1. The normalized spacial score (nSPS) is 15.2. The van der Waals surface area contributed by atoms with Gasteiger partial charge in [-0.15, -0.1) is 12.4 Å². The van der Waals surface area contributed by atoms with E-state index in [4.69, 9.17) is 20.5 Å². The average molecular weight is 489 g/mol. The van der Waals surface area contributed by atoms with Crippen LogP contribution in [0.3, 0.4) is 0 Å². The molecule has 1 atom stereocenters. The number of ether oxygens (including phenoxy) is 2. The highest BCUT2D eigenvalue weighted by Gasteiger charge is 2.23. The predicted octanol–water partition coefficient (Wildman–Crippen LogP) is 3.13. The van der Waals surface area contributed by atoms with Gasteiger partial charge in [0.1, 0.15) is 23.4 Å². The van der Waals surface area contributed by atoms with Gasteiger partial charge >= 0.3 is 0 Å². The Balaban J connectivity index is 0.00000408. The molecule has 0 saturated carbocycles. The lowest BCUT2D eigenvalue weighted by Crippen LogP contribution is -2.50. The van der Waals surface area contributed by atoms with Crippen molar-refractivity contribution < 1.29 is 18.7 Å².